The summed E-state index contributed by atoms with van der Waals surface area (Å²) in [6.45, 7) is 0. The van der Waals surface area contributed by atoms with Crippen molar-refractivity contribution in [2.45, 2.75) is 16.9 Å². The van der Waals surface area contributed by atoms with E-state index in [2.05, 4.69) is 59.5 Å². The summed E-state index contributed by atoms with van der Waals surface area (Å²) in [5.74, 6) is 0.839. The molecule has 0 saturated carbocycles. The van der Waals surface area contributed by atoms with Crippen LogP contribution in [-0.2, 0) is 12.0 Å². The van der Waals surface area contributed by atoms with Gasteiger partial charge in [-0.2, -0.15) is 0 Å². The molecule has 5 rings (SSSR count). The number of hydrogen-bond donors (Lipinski definition) is 0. The largest absolute Gasteiger partial charge is 0.315 e. The lowest BCUT2D eigenvalue weighted by atomic mass is 9.78. The van der Waals surface area contributed by atoms with E-state index in [1.54, 1.807) is 11.8 Å². The first-order chi connectivity index (χ1) is 12.3. The molecule has 0 bridgehead atoms. The number of amides is 1. The number of nitrogens with zero attached hydrogens (tertiary/aromatic N) is 1. The second-order valence-electron chi connectivity index (χ2n) is 6.57. The lowest BCUT2D eigenvalue weighted by Crippen LogP contribution is -2.48. The topological polar surface area (TPSA) is 20.3 Å². The third-order valence-electron chi connectivity index (χ3n) is 5.29. The fourth-order valence-corrected chi connectivity index (χ4v) is 5.37. The van der Waals surface area contributed by atoms with Gasteiger partial charge in [-0.25, -0.2) is 0 Å². The van der Waals surface area contributed by atoms with E-state index in [9.17, 15) is 4.79 Å². The molecule has 3 heteroatoms. The molecule has 3 aromatic carbocycles. The molecular weight excluding hydrogens is 326 g/mol. The molecule has 3 aromatic rings. The Hall–Kier alpha value is -2.52. The quantitative estimate of drug-likeness (QED) is 0.673. The maximum atomic E-state index is 13.1. The summed E-state index contributed by atoms with van der Waals surface area (Å²) < 4.78 is 0. The van der Waals surface area contributed by atoms with Crippen molar-refractivity contribution in [2.75, 3.05) is 5.88 Å². The van der Waals surface area contributed by atoms with Crippen molar-refractivity contribution >= 4 is 17.7 Å². The highest BCUT2D eigenvalue weighted by Gasteiger charge is 2.53. The number of carbonyl (C=O) groups excluding carboxylic acids is 1. The summed E-state index contributed by atoms with van der Waals surface area (Å²) in [7, 11) is 0. The molecule has 2 aliphatic heterocycles. The van der Waals surface area contributed by atoms with Crippen LogP contribution in [0.15, 0.2) is 83.8 Å². The molecule has 0 spiro atoms. The minimum absolute atomic E-state index is 0.147. The predicted octanol–water partition coefficient (Wildman–Crippen LogP) is 4.69. The number of thioether (sulfide) groups is 1. The van der Waals surface area contributed by atoms with E-state index >= 15 is 0 Å². The Labute approximate surface area is 151 Å². The molecule has 1 atom stereocenters. The molecule has 0 saturated heterocycles. The minimum Gasteiger partial charge on any atom is -0.315 e. The van der Waals surface area contributed by atoms with Gasteiger partial charge in [-0.15, -0.1) is 11.8 Å². The highest BCUT2D eigenvalue weighted by atomic mass is 32.2. The first-order valence-corrected chi connectivity index (χ1v) is 9.47. The number of hydrogen-bond acceptors (Lipinski definition) is 2. The smallest absolute Gasteiger partial charge is 0.255 e. The van der Waals surface area contributed by atoms with E-state index < -0.39 is 5.54 Å². The van der Waals surface area contributed by atoms with Gasteiger partial charge in [0.05, 0.1) is 5.88 Å². The second kappa shape index (κ2) is 5.50. The molecule has 25 heavy (non-hydrogen) atoms. The normalized spacial score (nSPS) is 20.8. The van der Waals surface area contributed by atoms with E-state index in [4.69, 9.17) is 0 Å². The van der Waals surface area contributed by atoms with Gasteiger partial charge in [0.15, 0.2) is 0 Å². The van der Waals surface area contributed by atoms with E-state index in [-0.39, 0.29) is 5.91 Å². The zero-order valence-electron chi connectivity index (χ0n) is 13.7. The average Bonchev–Trinajstić information content (AvgIpc) is 2.92. The maximum Gasteiger partial charge on any atom is 0.255 e. The van der Waals surface area contributed by atoms with E-state index in [0.29, 0.717) is 5.88 Å². The molecule has 0 aromatic heterocycles. The highest BCUT2D eigenvalue weighted by molar-refractivity contribution is 7.99. The molecule has 2 nitrogen and oxygen atoms in total. The van der Waals surface area contributed by atoms with Crippen molar-refractivity contribution in [3.63, 3.8) is 0 Å². The third-order valence-corrected chi connectivity index (χ3v) is 6.35. The van der Waals surface area contributed by atoms with Gasteiger partial charge in [0.2, 0.25) is 0 Å². The molecule has 122 valence electrons. The molecule has 0 fully saturated rings. The Balaban J connectivity index is 1.81. The Morgan fingerprint density at radius 3 is 2.36 bits per heavy atom. The van der Waals surface area contributed by atoms with Crippen LogP contribution in [0, 0.1) is 0 Å². The number of rotatable bonds is 2. The molecule has 0 N–H and O–H groups in total. The summed E-state index contributed by atoms with van der Waals surface area (Å²) in [6, 6.07) is 27.1. The minimum atomic E-state index is -0.406. The van der Waals surface area contributed by atoms with Crippen LogP contribution in [0.1, 0.15) is 27.0 Å². The standard InChI is InChI=1S/C22H17NOS/c24-21-17-10-4-5-11-18(17)22(14-16-8-2-1-3-9-16)19-12-6-7-13-20(19)25-15-23(21)22/h1-13H,14-15H2. The summed E-state index contributed by atoms with van der Waals surface area (Å²) in [6.07, 6.45) is 0.800. The fourth-order valence-electron chi connectivity index (χ4n) is 4.20. The zero-order chi connectivity index (χ0) is 16.9. The summed E-state index contributed by atoms with van der Waals surface area (Å²) in [4.78, 5) is 16.5. The van der Waals surface area contributed by atoms with E-state index in [1.807, 2.05) is 24.3 Å². The van der Waals surface area contributed by atoms with Crippen LogP contribution in [0.3, 0.4) is 0 Å². The van der Waals surface area contributed by atoms with Gasteiger partial charge in [-0.1, -0.05) is 66.7 Å². The molecule has 2 heterocycles. The van der Waals surface area contributed by atoms with Crippen LogP contribution in [-0.4, -0.2) is 16.7 Å². The molecule has 1 unspecified atom stereocenters. The van der Waals surface area contributed by atoms with Gasteiger partial charge in [0.1, 0.15) is 5.54 Å². The zero-order valence-corrected chi connectivity index (χ0v) is 14.5. The average molecular weight is 343 g/mol. The van der Waals surface area contributed by atoms with Crippen molar-refractivity contribution in [3.05, 3.63) is 101 Å². The maximum absolute atomic E-state index is 13.1. The number of fused-ring (bicyclic) bond motifs is 5. The van der Waals surface area contributed by atoms with Crippen LogP contribution >= 0.6 is 11.8 Å². The van der Waals surface area contributed by atoms with Crippen molar-refractivity contribution < 1.29 is 4.79 Å². The summed E-state index contributed by atoms with van der Waals surface area (Å²) in [5, 5.41) is 0. The molecule has 0 aliphatic carbocycles. The first kappa shape index (κ1) is 14.8. The van der Waals surface area contributed by atoms with Crippen LogP contribution in [0.5, 0.6) is 0 Å². The van der Waals surface area contributed by atoms with Gasteiger partial charge in [-0.05, 0) is 28.8 Å². The SMILES string of the molecule is O=C1c2ccccc2C2(Cc3ccccc3)c3ccccc3SCN12. The van der Waals surface area contributed by atoms with Gasteiger partial charge in [0, 0.05) is 16.9 Å². The molecular formula is C22H17NOS. The van der Waals surface area contributed by atoms with E-state index in [1.165, 1.54) is 16.0 Å². The van der Waals surface area contributed by atoms with Crippen molar-refractivity contribution in [1.29, 1.82) is 0 Å². The van der Waals surface area contributed by atoms with E-state index in [0.717, 1.165) is 17.5 Å². The highest BCUT2D eigenvalue weighted by Crippen LogP contribution is 2.52. The fraction of sp³-hybridized carbons (Fsp3) is 0.136. The number of carbonyl (C=O) groups is 1. The Kier molecular flexibility index (Phi) is 3.25. The van der Waals surface area contributed by atoms with Gasteiger partial charge in [0.25, 0.3) is 5.91 Å². The van der Waals surface area contributed by atoms with Gasteiger partial charge < -0.3 is 4.90 Å². The van der Waals surface area contributed by atoms with Crippen molar-refractivity contribution in [3.8, 4) is 0 Å². The molecule has 0 radical (unpaired) electrons. The van der Waals surface area contributed by atoms with Crippen LogP contribution in [0.4, 0.5) is 0 Å². The molecule has 1 amide bonds. The summed E-state index contributed by atoms with van der Waals surface area (Å²) >= 11 is 1.75. The van der Waals surface area contributed by atoms with Crippen molar-refractivity contribution in [2.24, 2.45) is 0 Å². The van der Waals surface area contributed by atoms with Crippen LogP contribution in [0.25, 0.3) is 0 Å². The molecule has 2 aliphatic rings. The Morgan fingerprint density at radius 1 is 0.840 bits per heavy atom. The summed E-state index contributed by atoms with van der Waals surface area (Å²) in [5.41, 5.74) is 4.07. The third kappa shape index (κ3) is 2.02. The van der Waals surface area contributed by atoms with Crippen LogP contribution in [0.2, 0.25) is 0 Å². The van der Waals surface area contributed by atoms with Gasteiger partial charge in [-0.3, -0.25) is 4.79 Å². The van der Waals surface area contributed by atoms with Crippen LogP contribution < -0.4 is 0 Å². The van der Waals surface area contributed by atoms with Crippen molar-refractivity contribution in [1.82, 2.24) is 4.90 Å². The lowest BCUT2D eigenvalue weighted by molar-refractivity contribution is 0.0667. The lowest BCUT2D eigenvalue weighted by Gasteiger charge is -2.44. The number of benzene rings is 3. The Bertz CT molecular complexity index is 969. The first-order valence-electron chi connectivity index (χ1n) is 8.48. The Morgan fingerprint density at radius 2 is 1.52 bits per heavy atom. The monoisotopic (exact) mass is 343 g/mol. The predicted molar refractivity (Wildman–Crippen MR) is 101 cm³/mol. The second-order valence-corrected chi connectivity index (χ2v) is 7.56. The van der Waals surface area contributed by atoms with Gasteiger partial charge >= 0.3 is 0 Å².